The third kappa shape index (κ3) is 6.17. The summed E-state index contributed by atoms with van der Waals surface area (Å²) in [5, 5.41) is 0. The SMILES string of the molecule is CC=CC1CCC(c2ccc(-c3ccc(-c4ccc(CCCCCC)c(F)c4F)cc3)c(F)c2F)CC1. The van der Waals surface area contributed by atoms with Crippen molar-refractivity contribution in [1.82, 2.24) is 0 Å². The number of rotatable bonds is 9. The van der Waals surface area contributed by atoms with Gasteiger partial charge in [0.25, 0.3) is 0 Å². The number of allylic oxidation sites excluding steroid dienone is 2. The lowest BCUT2D eigenvalue weighted by atomic mass is 9.78. The summed E-state index contributed by atoms with van der Waals surface area (Å²) in [5.41, 5.74) is 2.16. The van der Waals surface area contributed by atoms with E-state index >= 15 is 8.78 Å². The number of hydrogen-bond donors (Lipinski definition) is 0. The molecular formula is C33H36F4. The molecule has 1 aliphatic rings. The van der Waals surface area contributed by atoms with E-state index in [1.54, 1.807) is 48.5 Å². The first kappa shape index (κ1) is 27.2. The van der Waals surface area contributed by atoms with Crippen LogP contribution in [0.5, 0.6) is 0 Å². The second kappa shape index (κ2) is 12.6. The van der Waals surface area contributed by atoms with Gasteiger partial charge in [-0.2, -0.15) is 0 Å². The third-order valence-electron chi connectivity index (χ3n) is 7.76. The number of halogens is 4. The first-order chi connectivity index (χ1) is 17.9. The molecule has 0 heterocycles. The van der Waals surface area contributed by atoms with Gasteiger partial charge in [0.15, 0.2) is 23.3 Å². The molecule has 4 rings (SSSR count). The Bertz CT molecular complexity index is 1220. The van der Waals surface area contributed by atoms with Crippen molar-refractivity contribution in [3.63, 3.8) is 0 Å². The molecule has 1 fully saturated rings. The van der Waals surface area contributed by atoms with Crippen LogP contribution in [0.2, 0.25) is 0 Å². The summed E-state index contributed by atoms with van der Waals surface area (Å²) in [5.74, 6) is -2.76. The zero-order valence-electron chi connectivity index (χ0n) is 21.8. The maximum Gasteiger partial charge on any atom is 0.166 e. The molecule has 0 N–H and O–H groups in total. The van der Waals surface area contributed by atoms with Gasteiger partial charge in [-0.3, -0.25) is 0 Å². The predicted octanol–water partition coefficient (Wildman–Crippen LogP) is 10.5. The molecule has 1 saturated carbocycles. The topological polar surface area (TPSA) is 0 Å². The fourth-order valence-corrected chi connectivity index (χ4v) is 5.57. The Morgan fingerprint density at radius 1 is 0.676 bits per heavy atom. The highest BCUT2D eigenvalue weighted by atomic mass is 19.2. The van der Waals surface area contributed by atoms with Crippen LogP contribution in [0.1, 0.15) is 82.3 Å². The second-order valence-electron chi connectivity index (χ2n) is 10.3. The Hall–Kier alpha value is -2.88. The minimum absolute atomic E-state index is 0.0277. The Morgan fingerprint density at radius 3 is 1.86 bits per heavy atom. The molecule has 3 aromatic carbocycles. The van der Waals surface area contributed by atoms with E-state index in [1.807, 2.05) is 6.92 Å². The zero-order chi connectivity index (χ0) is 26.4. The monoisotopic (exact) mass is 508 g/mol. The van der Waals surface area contributed by atoms with Gasteiger partial charge in [-0.1, -0.05) is 86.9 Å². The highest BCUT2D eigenvalue weighted by molar-refractivity contribution is 5.71. The van der Waals surface area contributed by atoms with E-state index in [1.165, 1.54) is 0 Å². The van der Waals surface area contributed by atoms with Gasteiger partial charge in [-0.25, -0.2) is 17.6 Å². The Kier molecular flexibility index (Phi) is 9.23. The summed E-state index contributed by atoms with van der Waals surface area (Å²) in [6.45, 7) is 4.12. The van der Waals surface area contributed by atoms with Crippen molar-refractivity contribution in [1.29, 1.82) is 0 Å². The van der Waals surface area contributed by atoms with Crippen molar-refractivity contribution in [3.8, 4) is 22.3 Å². The molecule has 0 amide bonds. The lowest BCUT2D eigenvalue weighted by Crippen LogP contribution is -2.13. The fraction of sp³-hybridized carbons (Fsp3) is 0.394. The van der Waals surface area contributed by atoms with Crippen LogP contribution in [0.3, 0.4) is 0 Å². The van der Waals surface area contributed by atoms with E-state index < -0.39 is 23.3 Å². The minimum atomic E-state index is -0.869. The van der Waals surface area contributed by atoms with E-state index in [0.717, 1.165) is 51.4 Å². The Labute approximate surface area is 218 Å². The van der Waals surface area contributed by atoms with E-state index in [2.05, 4.69) is 19.1 Å². The number of aryl methyl sites for hydroxylation is 1. The number of hydrogen-bond acceptors (Lipinski definition) is 0. The molecule has 37 heavy (non-hydrogen) atoms. The van der Waals surface area contributed by atoms with Crippen LogP contribution in [0.4, 0.5) is 17.6 Å². The first-order valence-electron chi connectivity index (χ1n) is 13.6. The largest absolute Gasteiger partial charge is 0.203 e. The van der Waals surface area contributed by atoms with Gasteiger partial charge in [-0.05, 0) is 79.5 Å². The van der Waals surface area contributed by atoms with Crippen LogP contribution in [-0.4, -0.2) is 0 Å². The molecule has 0 atom stereocenters. The van der Waals surface area contributed by atoms with Gasteiger partial charge in [-0.15, -0.1) is 0 Å². The van der Waals surface area contributed by atoms with Gasteiger partial charge >= 0.3 is 0 Å². The van der Waals surface area contributed by atoms with E-state index in [-0.39, 0.29) is 17.0 Å². The normalized spacial score (nSPS) is 18.0. The second-order valence-corrected chi connectivity index (χ2v) is 10.3. The maximum atomic E-state index is 15.1. The van der Waals surface area contributed by atoms with Crippen molar-refractivity contribution in [2.45, 2.75) is 77.6 Å². The van der Waals surface area contributed by atoms with Crippen LogP contribution in [-0.2, 0) is 6.42 Å². The van der Waals surface area contributed by atoms with Crippen molar-refractivity contribution in [2.75, 3.05) is 0 Å². The zero-order valence-corrected chi connectivity index (χ0v) is 21.8. The molecule has 196 valence electrons. The number of benzene rings is 3. The van der Waals surface area contributed by atoms with Crippen molar-refractivity contribution in [3.05, 3.63) is 95.1 Å². The van der Waals surface area contributed by atoms with Crippen LogP contribution >= 0.6 is 0 Å². The molecule has 0 unspecified atom stereocenters. The standard InChI is InChI=1S/C33H36F4/c1-3-5-6-7-9-26-18-19-27(31(35)30(26)34)24-14-16-25(17-15-24)29-21-20-28(32(36)33(29)37)23-12-10-22(8-4-2)11-13-23/h4,8,14-23H,3,5-7,9-13H2,1-2H3. The molecule has 0 spiro atoms. The van der Waals surface area contributed by atoms with E-state index in [0.29, 0.717) is 34.6 Å². The Morgan fingerprint density at radius 2 is 1.27 bits per heavy atom. The molecule has 0 radical (unpaired) electrons. The summed E-state index contributed by atoms with van der Waals surface area (Å²) >= 11 is 0. The number of unbranched alkanes of at least 4 members (excludes halogenated alkanes) is 3. The average molecular weight is 509 g/mol. The molecule has 0 aromatic heterocycles. The van der Waals surface area contributed by atoms with E-state index in [9.17, 15) is 8.78 Å². The average Bonchev–Trinajstić information content (AvgIpc) is 2.91. The van der Waals surface area contributed by atoms with Gasteiger partial charge in [0.1, 0.15) is 0 Å². The highest BCUT2D eigenvalue weighted by Crippen LogP contribution is 2.39. The molecule has 0 saturated heterocycles. The lowest BCUT2D eigenvalue weighted by molar-refractivity contribution is 0.364. The quantitative estimate of drug-likeness (QED) is 0.153. The van der Waals surface area contributed by atoms with Crippen LogP contribution in [0.25, 0.3) is 22.3 Å². The lowest BCUT2D eigenvalue weighted by Gasteiger charge is -2.27. The van der Waals surface area contributed by atoms with Gasteiger partial charge in [0, 0.05) is 11.1 Å². The van der Waals surface area contributed by atoms with Gasteiger partial charge in [0.2, 0.25) is 0 Å². The van der Waals surface area contributed by atoms with Crippen LogP contribution in [0.15, 0.2) is 60.7 Å². The van der Waals surface area contributed by atoms with Gasteiger partial charge in [0.05, 0.1) is 0 Å². The molecule has 1 aliphatic carbocycles. The highest BCUT2D eigenvalue weighted by Gasteiger charge is 2.25. The first-order valence-corrected chi connectivity index (χ1v) is 13.6. The van der Waals surface area contributed by atoms with Crippen molar-refractivity contribution >= 4 is 0 Å². The molecule has 0 aliphatic heterocycles. The fourth-order valence-electron chi connectivity index (χ4n) is 5.57. The maximum absolute atomic E-state index is 15.1. The van der Waals surface area contributed by atoms with Gasteiger partial charge < -0.3 is 0 Å². The third-order valence-corrected chi connectivity index (χ3v) is 7.76. The molecular weight excluding hydrogens is 472 g/mol. The molecule has 0 bridgehead atoms. The molecule has 4 heteroatoms. The summed E-state index contributed by atoms with van der Waals surface area (Å²) < 4.78 is 59.8. The summed E-state index contributed by atoms with van der Waals surface area (Å²) in [4.78, 5) is 0. The predicted molar refractivity (Wildman–Crippen MR) is 145 cm³/mol. The van der Waals surface area contributed by atoms with Crippen LogP contribution < -0.4 is 0 Å². The van der Waals surface area contributed by atoms with Crippen LogP contribution in [0, 0.1) is 29.2 Å². The Balaban J connectivity index is 1.50. The summed E-state index contributed by atoms with van der Waals surface area (Å²) in [7, 11) is 0. The molecule has 0 nitrogen and oxygen atoms in total. The summed E-state index contributed by atoms with van der Waals surface area (Å²) in [6, 6.07) is 13.1. The van der Waals surface area contributed by atoms with E-state index in [4.69, 9.17) is 0 Å². The van der Waals surface area contributed by atoms with Crippen molar-refractivity contribution in [2.24, 2.45) is 5.92 Å². The minimum Gasteiger partial charge on any atom is -0.203 e. The smallest absolute Gasteiger partial charge is 0.166 e. The summed E-state index contributed by atoms with van der Waals surface area (Å²) in [6.07, 6.45) is 12.4. The molecule has 3 aromatic rings. The van der Waals surface area contributed by atoms with Crippen molar-refractivity contribution < 1.29 is 17.6 Å².